The van der Waals surface area contributed by atoms with E-state index in [1.54, 1.807) is 6.20 Å². The van der Waals surface area contributed by atoms with Crippen molar-refractivity contribution in [2.45, 2.75) is 0 Å². The number of hydrogen-bond acceptors (Lipinski definition) is 4. The summed E-state index contributed by atoms with van der Waals surface area (Å²) < 4.78 is 5.88. The van der Waals surface area contributed by atoms with Gasteiger partial charge in [-0.2, -0.15) is 0 Å². The summed E-state index contributed by atoms with van der Waals surface area (Å²) in [5.74, 6) is -0.475. The second-order valence-corrected chi connectivity index (χ2v) is 6.39. The fraction of sp³-hybridized carbons (Fsp3) is 0.0500. The van der Waals surface area contributed by atoms with E-state index in [2.05, 4.69) is 25.9 Å². The molecule has 0 saturated carbocycles. The van der Waals surface area contributed by atoms with Crippen molar-refractivity contribution in [3.8, 4) is 11.3 Å². The Morgan fingerprint density at radius 1 is 1.00 bits per heavy atom. The summed E-state index contributed by atoms with van der Waals surface area (Å²) in [6, 6.07) is 17.4. The average Bonchev–Trinajstić information content (AvgIpc) is 2.66. The van der Waals surface area contributed by atoms with Crippen molar-refractivity contribution in [3.05, 3.63) is 71.0 Å². The van der Waals surface area contributed by atoms with Crippen LogP contribution in [0.3, 0.4) is 0 Å². The molecular formula is C20H13BrN2O2. The fourth-order valence-corrected chi connectivity index (χ4v) is 3.48. The van der Waals surface area contributed by atoms with Crippen LogP contribution in [0.15, 0.2) is 65.3 Å². The van der Waals surface area contributed by atoms with Gasteiger partial charge in [0.05, 0.1) is 18.3 Å². The van der Waals surface area contributed by atoms with E-state index in [1.807, 2.05) is 54.6 Å². The molecule has 0 aliphatic carbocycles. The minimum atomic E-state index is -0.475. The Labute approximate surface area is 152 Å². The van der Waals surface area contributed by atoms with Gasteiger partial charge in [0.15, 0.2) is 5.69 Å². The van der Waals surface area contributed by atoms with Crippen LogP contribution in [0.1, 0.15) is 10.5 Å². The van der Waals surface area contributed by atoms with Crippen LogP contribution in [0, 0.1) is 0 Å². The Morgan fingerprint density at radius 3 is 2.56 bits per heavy atom. The summed E-state index contributed by atoms with van der Waals surface area (Å²) in [6.07, 6.45) is 1.75. The number of carbonyl (C=O) groups is 1. The lowest BCUT2D eigenvalue weighted by atomic mass is 9.99. The van der Waals surface area contributed by atoms with Crippen molar-refractivity contribution in [1.82, 2.24) is 9.97 Å². The maximum atomic E-state index is 12.4. The van der Waals surface area contributed by atoms with Crippen molar-refractivity contribution >= 4 is 43.6 Å². The second-order valence-electron chi connectivity index (χ2n) is 5.53. The Kier molecular flexibility index (Phi) is 3.93. The number of esters is 1. The predicted molar refractivity (Wildman–Crippen MR) is 102 cm³/mol. The fourth-order valence-electron chi connectivity index (χ4n) is 3.00. The van der Waals surface area contributed by atoms with Gasteiger partial charge in [0.25, 0.3) is 0 Å². The molecule has 0 fully saturated rings. The lowest BCUT2D eigenvalue weighted by Crippen LogP contribution is -2.07. The van der Waals surface area contributed by atoms with Crippen LogP contribution in [0.2, 0.25) is 0 Å². The van der Waals surface area contributed by atoms with E-state index in [0.717, 1.165) is 26.3 Å². The summed E-state index contributed by atoms with van der Waals surface area (Å²) >= 11 is 3.57. The highest BCUT2D eigenvalue weighted by atomic mass is 79.9. The van der Waals surface area contributed by atoms with Gasteiger partial charge in [-0.15, -0.1) is 0 Å². The number of halogens is 1. The molecule has 4 rings (SSSR count). The van der Waals surface area contributed by atoms with Crippen LogP contribution >= 0.6 is 15.9 Å². The molecule has 0 amide bonds. The monoisotopic (exact) mass is 392 g/mol. The first-order valence-corrected chi connectivity index (χ1v) is 8.50. The molecule has 0 aliphatic heterocycles. The van der Waals surface area contributed by atoms with Gasteiger partial charge in [-0.25, -0.2) is 9.78 Å². The number of fused-ring (bicyclic) bond motifs is 3. The second kappa shape index (κ2) is 6.26. The molecule has 122 valence electrons. The third-order valence-electron chi connectivity index (χ3n) is 4.12. The van der Waals surface area contributed by atoms with Crippen molar-refractivity contribution in [2.75, 3.05) is 7.11 Å². The summed E-state index contributed by atoms with van der Waals surface area (Å²) in [5.41, 5.74) is 2.62. The first-order valence-electron chi connectivity index (χ1n) is 7.71. The lowest BCUT2D eigenvalue weighted by Gasteiger charge is -2.13. The molecule has 0 radical (unpaired) electrons. The molecule has 0 spiro atoms. The Hall–Kier alpha value is -2.79. The van der Waals surface area contributed by atoms with E-state index >= 15 is 0 Å². The Balaban J connectivity index is 2.21. The number of aromatic nitrogens is 2. The molecule has 2 heterocycles. The van der Waals surface area contributed by atoms with Gasteiger partial charge in [0.1, 0.15) is 0 Å². The van der Waals surface area contributed by atoms with Gasteiger partial charge in [-0.1, -0.05) is 52.3 Å². The van der Waals surface area contributed by atoms with Crippen LogP contribution in [0.5, 0.6) is 0 Å². The molecular weight excluding hydrogens is 380 g/mol. The Morgan fingerprint density at radius 2 is 1.76 bits per heavy atom. The molecule has 0 N–H and O–H groups in total. The smallest absolute Gasteiger partial charge is 0.357 e. The normalized spacial score (nSPS) is 11.0. The van der Waals surface area contributed by atoms with E-state index < -0.39 is 5.97 Å². The largest absolute Gasteiger partial charge is 0.464 e. The molecule has 2 aromatic carbocycles. The minimum absolute atomic E-state index is 0.273. The van der Waals surface area contributed by atoms with Gasteiger partial charge in [-0.3, -0.25) is 4.98 Å². The molecule has 0 unspecified atom stereocenters. The van der Waals surface area contributed by atoms with Crippen LogP contribution in [-0.2, 0) is 4.74 Å². The maximum Gasteiger partial charge on any atom is 0.357 e. The zero-order valence-electron chi connectivity index (χ0n) is 13.4. The van der Waals surface area contributed by atoms with Crippen LogP contribution < -0.4 is 0 Å². The quantitative estimate of drug-likeness (QED) is 0.355. The number of carbonyl (C=O) groups excluding carboxylic acids is 1. The number of methoxy groups -OCH3 is 1. The van der Waals surface area contributed by atoms with Crippen molar-refractivity contribution < 1.29 is 9.53 Å². The summed E-state index contributed by atoms with van der Waals surface area (Å²) in [7, 11) is 1.36. The number of benzene rings is 2. The number of nitrogens with zero attached hydrogens (tertiary/aromatic N) is 2. The van der Waals surface area contributed by atoms with Crippen molar-refractivity contribution in [1.29, 1.82) is 0 Å². The van der Waals surface area contributed by atoms with Crippen molar-refractivity contribution in [2.24, 2.45) is 0 Å². The molecule has 0 aliphatic rings. The molecule has 25 heavy (non-hydrogen) atoms. The topological polar surface area (TPSA) is 52.1 Å². The SMILES string of the molecule is COC(=O)c1nc2ccccc2c2ccnc(-c3ccccc3Br)c12. The number of rotatable bonds is 2. The summed E-state index contributed by atoms with van der Waals surface area (Å²) in [6.45, 7) is 0. The number of para-hydroxylation sites is 1. The van der Waals surface area contributed by atoms with E-state index in [0.29, 0.717) is 11.1 Å². The lowest BCUT2D eigenvalue weighted by molar-refractivity contribution is 0.0597. The predicted octanol–water partition coefficient (Wildman–Crippen LogP) is 5.00. The first kappa shape index (κ1) is 15.7. The number of pyridine rings is 2. The third kappa shape index (κ3) is 2.57. The molecule has 5 heteroatoms. The number of ether oxygens (including phenoxy) is 1. The summed E-state index contributed by atoms with van der Waals surface area (Å²) in [5, 5.41) is 2.59. The van der Waals surface area contributed by atoms with E-state index in [4.69, 9.17) is 4.74 Å². The standard InChI is InChI=1S/C20H13BrN2O2/c1-25-20(24)19-17-13(12-6-3-5-9-16(12)23-19)10-11-22-18(17)14-7-2-4-8-15(14)21/h2-11H,1H3. The molecule has 0 atom stereocenters. The van der Waals surface area contributed by atoms with Gasteiger partial charge >= 0.3 is 5.97 Å². The zero-order valence-corrected chi connectivity index (χ0v) is 14.9. The van der Waals surface area contributed by atoms with Crippen molar-refractivity contribution in [3.63, 3.8) is 0 Å². The highest BCUT2D eigenvalue weighted by molar-refractivity contribution is 9.10. The van der Waals surface area contributed by atoms with Gasteiger partial charge in [0, 0.05) is 27.0 Å². The van der Waals surface area contributed by atoms with Crippen LogP contribution in [0.4, 0.5) is 0 Å². The van der Waals surface area contributed by atoms with Gasteiger partial charge < -0.3 is 4.74 Å². The molecule has 2 aromatic heterocycles. The highest BCUT2D eigenvalue weighted by Crippen LogP contribution is 2.36. The maximum absolute atomic E-state index is 12.4. The van der Waals surface area contributed by atoms with Gasteiger partial charge in [-0.05, 0) is 23.6 Å². The molecule has 0 saturated heterocycles. The molecule has 4 aromatic rings. The van der Waals surface area contributed by atoms with E-state index in [9.17, 15) is 4.79 Å². The summed E-state index contributed by atoms with van der Waals surface area (Å²) in [4.78, 5) is 21.5. The number of hydrogen-bond donors (Lipinski definition) is 0. The third-order valence-corrected chi connectivity index (χ3v) is 4.81. The van der Waals surface area contributed by atoms with Gasteiger partial charge in [0.2, 0.25) is 0 Å². The average molecular weight is 393 g/mol. The van der Waals surface area contributed by atoms with E-state index in [1.165, 1.54) is 7.11 Å². The van der Waals surface area contributed by atoms with Crippen LogP contribution in [0.25, 0.3) is 32.9 Å². The molecule has 4 nitrogen and oxygen atoms in total. The Bertz CT molecular complexity index is 1130. The zero-order chi connectivity index (χ0) is 17.4. The van der Waals surface area contributed by atoms with Crippen LogP contribution in [-0.4, -0.2) is 23.0 Å². The van der Waals surface area contributed by atoms with E-state index in [-0.39, 0.29) is 5.69 Å². The molecule has 0 bridgehead atoms. The minimum Gasteiger partial charge on any atom is -0.464 e. The highest BCUT2D eigenvalue weighted by Gasteiger charge is 2.20. The first-order chi connectivity index (χ1) is 12.2.